The van der Waals surface area contributed by atoms with Crippen molar-refractivity contribution in [1.29, 1.82) is 0 Å². The van der Waals surface area contributed by atoms with Crippen LogP contribution in [0.15, 0.2) is 12.1 Å². The van der Waals surface area contributed by atoms with Gasteiger partial charge in [-0.25, -0.2) is 0 Å². The van der Waals surface area contributed by atoms with E-state index in [-0.39, 0.29) is 13.3 Å². The fraction of sp³-hybridized carbons (Fsp3) is 0.455. The number of aliphatic hydroxyl groups is 1. The zero-order valence-electron chi connectivity index (χ0n) is 9.32. The van der Waals surface area contributed by atoms with Gasteiger partial charge in [0.2, 0.25) is 6.79 Å². The normalized spacial score (nSPS) is 17.0. The SMILES string of the molecule is COc1cc2c(cc1C(C)(O)CN)OCO2. The molecule has 0 bridgehead atoms. The molecule has 5 nitrogen and oxygen atoms in total. The van der Waals surface area contributed by atoms with E-state index in [2.05, 4.69) is 0 Å². The molecule has 1 unspecified atom stereocenters. The number of benzene rings is 1. The Morgan fingerprint density at radius 1 is 1.44 bits per heavy atom. The predicted octanol–water partition coefficient (Wildman–Crippen LogP) is 0.590. The lowest BCUT2D eigenvalue weighted by Gasteiger charge is -2.24. The summed E-state index contributed by atoms with van der Waals surface area (Å²) in [5.74, 6) is 1.76. The van der Waals surface area contributed by atoms with Crippen LogP contribution in [0, 0.1) is 0 Å². The number of hydrogen-bond acceptors (Lipinski definition) is 5. The molecule has 1 aliphatic rings. The van der Waals surface area contributed by atoms with Crippen molar-refractivity contribution >= 4 is 0 Å². The number of ether oxygens (including phenoxy) is 3. The number of methoxy groups -OCH3 is 1. The summed E-state index contributed by atoms with van der Waals surface area (Å²) in [6.45, 7) is 1.92. The molecule has 1 aliphatic heterocycles. The van der Waals surface area contributed by atoms with Crippen LogP contribution in [-0.2, 0) is 5.60 Å². The van der Waals surface area contributed by atoms with Crippen LogP contribution in [0.1, 0.15) is 12.5 Å². The Bertz CT molecular complexity index is 403. The van der Waals surface area contributed by atoms with Gasteiger partial charge in [-0.3, -0.25) is 0 Å². The van der Waals surface area contributed by atoms with Crippen LogP contribution in [0.3, 0.4) is 0 Å². The summed E-state index contributed by atoms with van der Waals surface area (Å²) in [7, 11) is 1.54. The Balaban J connectivity index is 2.52. The van der Waals surface area contributed by atoms with Crippen molar-refractivity contribution in [2.75, 3.05) is 20.4 Å². The van der Waals surface area contributed by atoms with Gasteiger partial charge in [0.25, 0.3) is 0 Å². The first-order valence-corrected chi connectivity index (χ1v) is 4.99. The van der Waals surface area contributed by atoms with E-state index in [9.17, 15) is 5.11 Å². The van der Waals surface area contributed by atoms with E-state index >= 15 is 0 Å². The first kappa shape index (κ1) is 11.0. The standard InChI is InChI=1S/C11H15NO4/c1-11(13,5-12)7-3-9-10(16-6-15-9)4-8(7)14-2/h3-4,13H,5-6,12H2,1-2H3. The van der Waals surface area contributed by atoms with Crippen molar-refractivity contribution < 1.29 is 19.3 Å². The minimum absolute atomic E-state index is 0.100. The molecule has 2 rings (SSSR count). The number of nitrogens with two attached hydrogens (primary N) is 1. The summed E-state index contributed by atoms with van der Waals surface area (Å²) in [5.41, 5.74) is 4.98. The second kappa shape index (κ2) is 3.84. The molecule has 16 heavy (non-hydrogen) atoms. The van der Waals surface area contributed by atoms with Crippen LogP contribution in [-0.4, -0.2) is 25.6 Å². The summed E-state index contributed by atoms with van der Waals surface area (Å²) in [6.07, 6.45) is 0. The van der Waals surface area contributed by atoms with Crippen molar-refractivity contribution in [3.8, 4) is 17.2 Å². The molecule has 0 saturated carbocycles. The third-order valence-corrected chi connectivity index (χ3v) is 2.67. The van der Waals surface area contributed by atoms with E-state index in [1.807, 2.05) is 0 Å². The van der Waals surface area contributed by atoms with Gasteiger partial charge in [0, 0.05) is 18.2 Å². The van der Waals surface area contributed by atoms with Crippen LogP contribution in [0.25, 0.3) is 0 Å². The fourth-order valence-corrected chi connectivity index (χ4v) is 1.62. The van der Waals surface area contributed by atoms with Gasteiger partial charge in [0.15, 0.2) is 11.5 Å². The summed E-state index contributed by atoms with van der Waals surface area (Å²) in [6, 6.07) is 3.40. The minimum Gasteiger partial charge on any atom is -0.496 e. The molecule has 1 aromatic rings. The highest BCUT2D eigenvalue weighted by molar-refractivity contribution is 5.53. The quantitative estimate of drug-likeness (QED) is 0.787. The third kappa shape index (κ3) is 1.68. The Morgan fingerprint density at radius 3 is 2.62 bits per heavy atom. The highest BCUT2D eigenvalue weighted by atomic mass is 16.7. The fourth-order valence-electron chi connectivity index (χ4n) is 1.62. The maximum absolute atomic E-state index is 10.1. The van der Waals surface area contributed by atoms with E-state index < -0.39 is 5.60 Å². The maximum Gasteiger partial charge on any atom is 0.231 e. The van der Waals surface area contributed by atoms with Crippen molar-refractivity contribution in [2.45, 2.75) is 12.5 Å². The van der Waals surface area contributed by atoms with Crippen molar-refractivity contribution in [3.05, 3.63) is 17.7 Å². The summed E-state index contributed by atoms with van der Waals surface area (Å²) in [4.78, 5) is 0. The van der Waals surface area contributed by atoms with Crippen molar-refractivity contribution in [1.82, 2.24) is 0 Å². The molecule has 0 fully saturated rings. The van der Waals surface area contributed by atoms with Gasteiger partial charge in [-0.15, -0.1) is 0 Å². The molecule has 0 amide bonds. The lowest BCUT2D eigenvalue weighted by atomic mass is 9.95. The van der Waals surface area contributed by atoms with E-state index in [4.69, 9.17) is 19.9 Å². The molecular formula is C11H15NO4. The summed E-state index contributed by atoms with van der Waals surface area (Å²) in [5, 5.41) is 10.1. The Labute approximate surface area is 93.7 Å². The molecular weight excluding hydrogens is 210 g/mol. The van der Waals surface area contributed by atoms with E-state index in [1.54, 1.807) is 19.1 Å². The van der Waals surface area contributed by atoms with E-state index in [0.717, 1.165) is 0 Å². The van der Waals surface area contributed by atoms with Crippen LogP contribution in [0.2, 0.25) is 0 Å². The summed E-state index contributed by atoms with van der Waals surface area (Å²) < 4.78 is 15.7. The van der Waals surface area contributed by atoms with Crippen LogP contribution in [0.4, 0.5) is 0 Å². The average Bonchev–Trinajstić information content (AvgIpc) is 2.74. The van der Waals surface area contributed by atoms with Gasteiger partial charge < -0.3 is 25.1 Å². The molecule has 88 valence electrons. The van der Waals surface area contributed by atoms with Gasteiger partial charge in [0.05, 0.1) is 7.11 Å². The van der Waals surface area contributed by atoms with Crippen molar-refractivity contribution in [3.63, 3.8) is 0 Å². The molecule has 5 heteroatoms. The number of rotatable bonds is 3. The van der Waals surface area contributed by atoms with Crippen LogP contribution in [0.5, 0.6) is 17.2 Å². The molecule has 3 N–H and O–H groups in total. The van der Waals surface area contributed by atoms with Gasteiger partial charge in [-0.2, -0.15) is 0 Å². The zero-order valence-corrected chi connectivity index (χ0v) is 9.32. The maximum atomic E-state index is 10.1. The molecule has 1 atom stereocenters. The second-order valence-electron chi connectivity index (χ2n) is 3.88. The molecule has 0 radical (unpaired) electrons. The lowest BCUT2D eigenvalue weighted by molar-refractivity contribution is 0.0638. The van der Waals surface area contributed by atoms with E-state index in [0.29, 0.717) is 22.8 Å². The smallest absolute Gasteiger partial charge is 0.231 e. The number of hydrogen-bond donors (Lipinski definition) is 2. The first-order valence-electron chi connectivity index (χ1n) is 4.99. The molecule has 0 aromatic heterocycles. The summed E-state index contributed by atoms with van der Waals surface area (Å²) >= 11 is 0. The van der Waals surface area contributed by atoms with E-state index in [1.165, 1.54) is 7.11 Å². The third-order valence-electron chi connectivity index (χ3n) is 2.67. The van der Waals surface area contributed by atoms with Gasteiger partial charge in [-0.05, 0) is 13.0 Å². The van der Waals surface area contributed by atoms with Gasteiger partial charge >= 0.3 is 0 Å². The average molecular weight is 225 g/mol. The van der Waals surface area contributed by atoms with Gasteiger partial charge in [-0.1, -0.05) is 0 Å². The molecule has 0 saturated heterocycles. The largest absolute Gasteiger partial charge is 0.496 e. The highest BCUT2D eigenvalue weighted by Gasteiger charge is 2.28. The zero-order chi connectivity index (χ0) is 11.8. The molecule has 1 aromatic carbocycles. The lowest BCUT2D eigenvalue weighted by Crippen LogP contribution is -2.31. The number of fused-ring (bicyclic) bond motifs is 1. The topological polar surface area (TPSA) is 73.9 Å². The Morgan fingerprint density at radius 2 is 2.06 bits per heavy atom. The molecule has 0 aliphatic carbocycles. The van der Waals surface area contributed by atoms with Crippen molar-refractivity contribution in [2.24, 2.45) is 5.73 Å². The monoisotopic (exact) mass is 225 g/mol. The second-order valence-corrected chi connectivity index (χ2v) is 3.88. The van der Waals surface area contributed by atoms with Gasteiger partial charge in [0.1, 0.15) is 11.4 Å². The predicted molar refractivity (Wildman–Crippen MR) is 57.7 cm³/mol. The molecule has 1 heterocycles. The molecule has 0 spiro atoms. The first-order chi connectivity index (χ1) is 7.58. The van der Waals surface area contributed by atoms with Crippen LogP contribution >= 0.6 is 0 Å². The Kier molecular flexibility index (Phi) is 2.65. The Hall–Kier alpha value is -1.46. The highest BCUT2D eigenvalue weighted by Crippen LogP contribution is 2.41. The minimum atomic E-state index is -1.15. The van der Waals surface area contributed by atoms with Crippen LogP contribution < -0.4 is 19.9 Å².